The van der Waals surface area contributed by atoms with E-state index in [0.717, 1.165) is 12.5 Å². The molecule has 4 atom stereocenters. The van der Waals surface area contributed by atoms with E-state index in [4.69, 9.17) is 4.42 Å². The maximum atomic E-state index is 12.6. The number of anilines is 1. The van der Waals surface area contributed by atoms with Crippen LogP contribution in [0.4, 0.5) is 6.01 Å². The number of aromatic hydroxyl groups is 1. The molecule has 0 bridgehead atoms. The molecule has 0 radical (unpaired) electrons. The number of aliphatic hydroxyl groups is 3. The number of hydrogen-bond acceptors (Lipinski definition) is 10. The minimum atomic E-state index is -3.67. The third-order valence-corrected chi connectivity index (χ3v) is 5.45. The molecule has 1 aromatic carbocycles. The van der Waals surface area contributed by atoms with Gasteiger partial charge in [0.25, 0.3) is 5.91 Å². The molecule has 0 saturated heterocycles. The molecule has 0 spiro atoms. The van der Waals surface area contributed by atoms with Crippen molar-refractivity contribution in [2.75, 3.05) is 23.0 Å². The van der Waals surface area contributed by atoms with Crippen LogP contribution in [0.15, 0.2) is 34.9 Å². The summed E-state index contributed by atoms with van der Waals surface area (Å²) < 4.78 is 29.4. The summed E-state index contributed by atoms with van der Waals surface area (Å²) in [6.07, 6.45) is -0.398. The summed E-state index contributed by atoms with van der Waals surface area (Å²) in [6, 6.07) is 3.69. The quantitative estimate of drug-likeness (QED) is 0.260. The first kappa shape index (κ1) is 24.9. The number of rotatable bonds is 11. The van der Waals surface area contributed by atoms with Crippen molar-refractivity contribution in [1.82, 2.24) is 10.3 Å². The van der Waals surface area contributed by atoms with Gasteiger partial charge in [-0.3, -0.25) is 4.79 Å². The molecule has 1 heterocycles. The fraction of sp³-hybridized carbons (Fsp3) is 0.444. The Morgan fingerprint density at radius 3 is 2.45 bits per heavy atom. The molecule has 1 aromatic heterocycles. The number of benzene rings is 1. The molecule has 4 unspecified atom stereocenters. The van der Waals surface area contributed by atoms with Crippen molar-refractivity contribution in [2.24, 2.45) is 0 Å². The van der Waals surface area contributed by atoms with Crippen LogP contribution in [0.5, 0.6) is 5.75 Å². The summed E-state index contributed by atoms with van der Waals surface area (Å²) in [5, 5.41) is 43.5. The van der Waals surface area contributed by atoms with E-state index in [1.54, 1.807) is 0 Å². The number of carbonyl (C=O) groups excluding carboxylic acids is 1. The van der Waals surface area contributed by atoms with Crippen LogP contribution in [-0.4, -0.2) is 76.2 Å². The van der Waals surface area contributed by atoms with E-state index in [2.05, 4.69) is 10.3 Å². The van der Waals surface area contributed by atoms with Gasteiger partial charge in [-0.1, -0.05) is 12.1 Å². The van der Waals surface area contributed by atoms with Crippen molar-refractivity contribution in [2.45, 2.75) is 30.8 Å². The van der Waals surface area contributed by atoms with Gasteiger partial charge in [-0.25, -0.2) is 13.1 Å². The number of nitrogens with one attached hydrogen (secondary N) is 2. The first-order valence-corrected chi connectivity index (χ1v) is 12.4. The highest BCUT2D eigenvalue weighted by Gasteiger charge is 2.34. The number of phenolic OH excluding ortho intramolecular Hbond substituents is 1. The summed E-state index contributed by atoms with van der Waals surface area (Å²) in [5.41, 5.74) is -0.0290. The Bertz CT molecular complexity index is 964. The van der Waals surface area contributed by atoms with Crippen molar-refractivity contribution in [3.8, 4) is 5.75 Å². The van der Waals surface area contributed by atoms with E-state index in [1.165, 1.54) is 36.0 Å². The molecule has 2 rings (SSSR count). The van der Waals surface area contributed by atoms with Crippen LogP contribution in [0.1, 0.15) is 28.6 Å². The average molecular weight is 476 g/mol. The minimum absolute atomic E-state index is 0.0365. The van der Waals surface area contributed by atoms with Gasteiger partial charge in [-0.2, -0.15) is 16.7 Å². The highest BCUT2D eigenvalue weighted by molar-refractivity contribution is 7.98. The molecular formula is C18H25N3O8S2. The lowest BCUT2D eigenvalue weighted by molar-refractivity contribution is -0.0377. The Morgan fingerprint density at radius 2 is 1.87 bits per heavy atom. The van der Waals surface area contributed by atoms with Crippen LogP contribution in [0.3, 0.4) is 0 Å². The number of phenols is 1. The lowest BCUT2D eigenvalue weighted by atomic mass is 9.93. The topological polar surface area (TPSA) is 182 Å². The standard InChI is InChI=1S/C18H25N3O8S2/c1-30-8-7-13(23)16(25)14(15(24)10-3-5-11(22)6-4-10)20-17(26)12-9-29-18(19-12)21-31(2,27)28/h3-6,9,13-16,22-25H,7-8H2,1-2H3,(H,19,21)(H,20,26). The SMILES string of the molecule is CSCCC(O)C(O)C(NC(=O)c1coc(NS(C)(=O)=O)n1)C(O)c1ccc(O)cc1. The van der Waals surface area contributed by atoms with E-state index in [9.17, 15) is 33.6 Å². The minimum Gasteiger partial charge on any atom is -0.508 e. The molecule has 0 aliphatic heterocycles. The van der Waals surface area contributed by atoms with E-state index >= 15 is 0 Å². The molecule has 172 valence electrons. The zero-order chi connectivity index (χ0) is 23.2. The summed E-state index contributed by atoms with van der Waals surface area (Å²) >= 11 is 1.46. The maximum Gasteiger partial charge on any atom is 0.309 e. The molecule has 0 saturated carbocycles. The third kappa shape index (κ3) is 7.40. The molecule has 6 N–H and O–H groups in total. The Morgan fingerprint density at radius 1 is 1.23 bits per heavy atom. The van der Waals surface area contributed by atoms with Crippen molar-refractivity contribution in [1.29, 1.82) is 0 Å². The second-order valence-corrected chi connectivity index (χ2v) is 9.52. The second kappa shape index (κ2) is 10.8. The Kier molecular flexibility index (Phi) is 8.70. The number of thioether (sulfide) groups is 1. The fourth-order valence-corrected chi connectivity index (χ4v) is 3.58. The van der Waals surface area contributed by atoms with Gasteiger partial charge in [0, 0.05) is 0 Å². The zero-order valence-corrected chi connectivity index (χ0v) is 18.4. The van der Waals surface area contributed by atoms with Crippen molar-refractivity contribution >= 4 is 33.7 Å². The van der Waals surface area contributed by atoms with Crippen LogP contribution in [0, 0.1) is 0 Å². The first-order valence-electron chi connectivity index (χ1n) is 9.08. The molecule has 0 fully saturated rings. The summed E-state index contributed by atoms with van der Waals surface area (Å²) in [6.45, 7) is 0. The van der Waals surface area contributed by atoms with Gasteiger partial charge >= 0.3 is 6.01 Å². The molecule has 2 aromatic rings. The molecule has 0 aliphatic carbocycles. The van der Waals surface area contributed by atoms with Gasteiger partial charge in [0.2, 0.25) is 10.0 Å². The Labute approximate surface area is 183 Å². The second-order valence-electron chi connectivity index (χ2n) is 6.79. The zero-order valence-electron chi connectivity index (χ0n) is 16.8. The number of aromatic nitrogens is 1. The summed E-state index contributed by atoms with van der Waals surface area (Å²) in [4.78, 5) is 16.3. The normalized spacial score (nSPS) is 15.6. The van der Waals surface area contributed by atoms with Crippen molar-refractivity contribution in [3.05, 3.63) is 41.8 Å². The van der Waals surface area contributed by atoms with E-state index in [1.807, 2.05) is 11.0 Å². The number of carbonyl (C=O) groups is 1. The van der Waals surface area contributed by atoms with Crippen molar-refractivity contribution in [3.63, 3.8) is 0 Å². The number of amides is 1. The smallest absolute Gasteiger partial charge is 0.309 e. The van der Waals surface area contributed by atoms with Gasteiger partial charge in [0.1, 0.15) is 24.2 Å². The van der Waals surface area contributed by atoms with Gasteiger partial charge in [-0.05, 0) is 36.1 Å². The van der Waals surface area contributed by atoms with E-state index < -0.39 is 46.3 Å². The van der Waals surface area contributed by atoms with Crippen LogP contribution >= 0.6 is 11.8 Å². The van der Waals surface area contributed by atoms with Gasteiger partial charge in [0.05, 0.1) is 18.4 Å². The van der Waals surface area contributed by atoms with Gasteiger partial charge in [-0.15, -0.1) is 0 Å². The molecule has 1 amide bonds. The first-order chi connectivity index (χ1) is 14.5. The molecular weight excluding hydrogens is 450 g/mol. The molecule has 13 heteroatoms. The van der Waals surface area contributed by atoms with Gasteiger partial charge in [0.15, 0.2) is 5.69 Å². The lowest BCUT2D eigenvalue weighted by Gasteiger charge is -2.31. The maximum absolute atomic E-state index is 12.6. The summed E-state index contributed by atoms with van der Waals surface area (Å²) in [5.74, 6) is -0.368. The number of sulfonamides is 1. The number of oxazole rings is 1. The molecule has 31 heavy (non-hydrogen) atoms. The molecule has 0 aliphatic rings. The average Bonchev–Trinajstić information content (AvgIpc) is 3.16. The number of nitrogens with zero attached hydrogens (tertiary/aromatic N) is 1. The summed E-state index contributed by atoms with van der Waals surface area (Å²) in [7, 11) is -3.67. The highest BCUT2D eigenvalue weighted by Crippen LogP contribution is 2.24. The lowest BCUT2D eigenvalue weighted by Crippen LogP contribution is -2.52. The van der Waals surface area contributed by atoms with E-state index in [0.29, 0.717) is 5.75 Å². The van der Waals surface area contributed by atoms with Crippen LogP contribution in [0.25, 0.3) is 0 Å². The molecule has 11 nitrogen and oxygen atoms in total. The Hall–Kier alpha value is -2.32. The van der Waals surface area contributed by atoms with Crippen LogP contribution in [0.2, 0.25) is 0 Å². The number of hydrogen-bond donors (Lipinski definition) is 6. The largest absolute Gasteiger partial charge is 0.508 e. The Balaban J connectivity index is 2.24. The number of aliphatic hydroxyl groups excluding tert-OH is 3. The highest BCUT2D eigenvalue weighted by atomic mass is 32.2. The fourth-order valence-electron chi connectivity index (χ4n) is 2.69. The van der Waals surface area contributed by atoms with Crippen LogP contribution < -0.4 is 10.0 Å². The predicted molar refractivity (Wildman–Crippen MR) is 114 cm³/mol. The van der Waals surface area contributed by atoms with Crippen molar-refractivity contribution < 1.29 is 38.1 Å². The van der Waals surface area contributed by atoms with Gasteiger partial charge < -0.3 is 30.2 Å². The predicted octanol–water partition coefficient (Wildman–Crippen LogP) is 0.0586. The monoisotopic (exact) mass is 475 g/mol. The third-order valence-electron chi connectivity index (χ3n) is 4.26. The van der Waals surface area contributed by atoms with Crippen LogP contribution in [-0.2, 0) is 10.0 Å². The van der Waals surface area contributed by atoms with E-state index in [-0.39, 0.29) is 23.4 Å².